The molecule has 22 heavy (non-hydrogen) atoms. The number of hydrogen-bond acceptors (Lipinski definition) is 4. The molecule has 0 spiro atoms. The van der Waals surface area contributed by atoms with Crippen molar-refractivity contribution in [1.82, 2.24) is 10.2 Å². The van der Waals surface area contributed by atoms with E-state index in [9.17, 15) is 19.7 Å². The maximum absolute atomic E-state index is 12.2. The lowest BCUT2D eigenvalue weighted by Crippen LogP contribution is -2.56. The van der Waals surface area contributed by atoms with E-state index in [1.54, 1.807) is 23.1 Å². The molecule has 1 aromatic rings. The molecule has 1 saturated heterocycles. The van der Waals surface area contributed by atoms with Crippen molar-refractivity contribution in [2.75, 3.05) is 13.1 Å². The summed E-state index contributed by atoms with van der Waals surface area (Å²) < 4.78 is 0. The third-order valence-electron chi connectivity index (χ3n) is 3.52. The van der Waals surface area contributed by atoms with Gasteiger partial charge < -0.3 is 10.2 Å². The summed E-state index contributed by atoms with van der Waals surface area (Å²) in [6.45, 7) is 2.79. The van der Waals surface area contributed by atoms with Gasteiger partial charge in [0.1, 0.15) is 6.04 Å². The second-order valence-corrected chi connectivity index (χ2v) is 4.93. The molecule has 1 N–H and O–H groups in total. The normalized spacial score (nSPS) is 18.3. The van der Waals surface area contributed by atoms with Crippen LogP contribution in [-0.2, 0) is 9.59 Å². The summed E-state index contributed by atoms with van der Waals surface area (Å²) >= 11 is 0. The Morgan fingerprint density at radius 3 is 2.73 bits per heavy atom. The maximum Gasteiger partial charge on any atom is 0.269 e. The summed E-state index contributed by atoms with van der Waals surface area (Å²) in [5, 5.41) is 13.3. The molecule has 1 unspecified atom stereocenters. The van der Waals surface area contributed by atoms with Gasteiger partial charge in [-0.3, -0.25) is 19.7 Å². The minimum atomic E-state index is -0.475. The summed E-state index contributed by atoms with van der Waals surface area (Å²) in [6, 6.07) is 5.47. The molecule has 0 radical (unpaired) electrons. The van der Waals surface area contributed by atoms with Gasteiger partial charge in [-0.25, -0.2) is 0 Å². The average molecular weight is 303 g/mol. The highest BCUT2D eigenvalue weighted by molar-refractivity contribution is 5.96. The first-order valence-electron chi connectivity index (χ1n) is 7.03. The Morgan fingerprint density at radius 1 is 1.45 bits per heavy atom. The quantitative estimate of drug-likeness (QED) is 0.516. The SMILES string of the molecule is CCC1C(=O)NCCN1C(=O)C=Cc1ccc([N+](=O)[O-])cc1. The molecule has 1 fully saturated rings. The van der Waals surface area contributed by atoms with Crippen LogP contribution in [0, 0.1) is 10.1 Å². The summed E-state index contributed by atoms with van der Waals surface area (Å²) in [4.78, 5) is 35.6. The topological polar surface area (TPSA) is 92.6 Å². The van der Waals surface area contributed by atoms with Crippen LogP contribution in [0.4, 0.5) is 5.69 Å². The first-order chi connectivity index (χ1) is 10.5. The van der Waals surface area contributed by atoms with Crippen molar-refractivity contribution in [1.29, 1.82) is 0 Å². The molecular weight excluding hydrogens is 286 g/mol. The van der Waals surface area contributed by atoms with Crippen molar-refractivity contribution in [3.05, 3.63) is 46.0 Å². The third kappa shape index (κ3) is 3.49. The molecule has 1 atom stereocenters. The Morgan fingerprint density at radius 2 is 2.14 bits per heavy atom. The van der Waals surface area contributed by atoms with E-state index >= 15 is 0 Å². The van der Waals surface area contributed by atoms with Crippen LogP contribution in [-0.4, -0.2) is 40.8 Å². The molecule has 0 aromatic heterocycles. The van der Waals surface area contributed by atoms with Crippen LogP contribution in [0.1, 0.15) is 18.9 Å². The molecule has 2 rings (SSSR count). The minimum Gasteiger partial charge on any atom is -0.353 e. The number of nitrogens with zero attached hydrogens (tertiary/aromatic N) is 2. The highest BCUT2D eigenvalue weighted by Crippen LogP contribution is 2.14. The van der Waals surface area contributed by atoms with Crippen LogP contribution in [0.25, 0.3) is 6.08 Å². The zero-order valence-corrected chi connectivity index (χ0v) is 12.2. The number of benzene rings is 1. The summed E-state index contributed by atoms with van der Waals surface area (Å²) in [6.07, 6.45) is 3.54. The van der Waals surface area contributed by atoms with E-state index in [2.05, 4.69) is 5.32 Å². The number of carbonyl (C=O) groups excluding carboxylic acids is 2. The van der Waals surface area contributed by atoms with Crippen molar-refractivity contribution in [3.8, 4) is 0 Å². The largest absolute Gasteiger partial charge is 0.353 e. The smallest absolute Gasteiger partial charge is 0.269 e. The lowest BCUT2D eigenvalue weighted by atomic mass is 10.1. The number of nitro benzene ring substituents is 1. The number of non-ortho nitro benzene ring substituents is 1. The van der Waals surface area contributed by atoms with Crippen molar-refractivity contribution < 1.29 is 14.5 Å². The molecule has 7 heteroatoms. The van der Waals surface area contributed by atoms with Crippen molar-refractivity contribution in [2.24, 2.45) is 0 Å². The molecule has 1 aliphatic heterocycles. The Bertz CT molecular complexity index is 610. The fraction of sp³-hybridized carbons (Fsp3) is 0.333. The number of nitro groups is 1. The molecule has 0 aliphatic carbocycles. The van der Waals surface area contributed by atoms with E-state index in [-0.39, 0.29) is 17.5 Å². The Labute approximate surface area is 127 Å². The van der Waals surface area contributed by atoms with Gasteiger partial charge in [0, 0.05) is 31.3 Å². The van der Waals surface area contributed by atoms with Gasteiger partial charge in [-0.1, -0.05) is 6.92 Å². The Hall–Kier alpha value is -2.70. The van der Waals surface area contributed by atoms with E-state index in [1.165, 1.54) is 18.2 Å². The van der Waals surface area contributed by atoms with Gasteiger partial charge in [0.25, 0.3) is 5.69 Å². The van der Waals surface area contributed by atoms with Crippen molar-refractivity contribution in [2.45, 2.75) is 19.4 Å². The van der Waals surface area contributed by atoms with E-state index in [1.807, 2.05) is 6.92 Å². The highest BCUT2D eigenvalue weighted by Gasteiger charge is 2.30. The predicted molar refractivity (Wildman–Crippen MR) is 80.9 cm³/mol. The molecule has 1 heterocycles. The number of hydrogen-bond donors (Lipinski definition) is 1. The number of piperazine rings is 1. The predicted octanol–water partition coefficient (Wildman–Crippen LogP) is 1.34. The highest BCUT2D eigenvalue weighted by atomic mass is 16.6. The monoisotopic (exact) mass is 303 g/mol. The Balaban J connectivity index is 2.06. The second-order valence-electron chi connectivity index (χ2n) is 4.93. The van der Waals surface area contributed by atoms with Gasteiger partial charge in [0.2, 0.25) is 11.8 Å². The molecule has 116 valence electrons. The van der Waals surface area contributed by atoms with Gasteiger partial charge >= 0.3 is 0 Å². The van der Waals surface area contributed by atoms with Crippen LogP contribution >= 0.6 is 0 Å². The molecular formula is C15H17N3O4. The first kappa shape index (κ1) is 15.7. The van der Waals surface area contributed by atoms with E-state index in [0.29, 0.717) is 25.1 Å². The lowest BCUT2D eigenvalue weighted by Gasteiger charge is -2.33. The van der Waals surface area contributed by atoms with Crippen molar-refractivity contribution >= 4 is 23.6 Å². The van der Waals surface area contributed by atoms with Gasteiger partial charge in [-0.05, 0) is 30.2 Å². The zero-order chi connectivity index (χ0) is 16.1. The fourth-order valence-electron chi connectivity index (χ4n) is 2.35. The third-order valence-corrected chi connectivity index (χ3v) is 3.52. The van der Waals surface area contributed by atoms with Crippen LogP contribution < -0.4 is 5.32 Å². The average Bonchev–Trinajstić information content (AvgIpc) is 2.52. The molecule has 1 aliphatic rings. The number of rotatable bonds is 4. The molecule has 2 amide bonds. The number of nitrogens with one attached hydrogen (secondary N) is 1. The van der Waals surface area contributed by atoms with Crippen molar-refractivity contribution in [3.63, 3.8) is 0 Å². The number of carbonyl (C=O) groups is 2. The standard InChI is InChI=1S/C15H17N3O4/c1-2-13-15(20)16-9-10-17(13)14(19)8-5-11-3-6-12(7-4-11)18(21)22/h3-8,13H,2,9-10H2,1H3,(H,16,20). The zero-order valence-electron chi connectivity index (χ0n) is 12.2. The van der Waals surface area contributed by atoms with E-state index < -0.39 is 11.0 Å². The first-order valence-corrected chi connectivity index (χ1v) is 7.03. The Kier molecular flexibility index (Phi) is 4.88. The van der Waals surface area contributed by atoms with Gasteiger partial charge in [0.15, 0.2) is 0 Å². The van der Waals surface area contributed by atoms with Crippen LogP contribution in [0.2, 0.25) is 0 Å². The van der Waals surface area contributed by atoms with Gasteiger partial charge in [0.05, 0.1) is 4.92 Å². The van der Waals surface area contributed by atoms with E-state index in [0.717, 1.165) is 0 Å². The summed E-state index contributed by atoms with van der Waals surface area (Å²) in [5.41, 5.74) is 0.690. The molecule has 0 saturated carbocycles. The van der Waals surface area contributed by atoms with E-state index in [4.69, 9.17) is 0 Å². The fourth-order valence-corrected chi connectivity index (χ4v) is 2.35. The van der Waals surface area contributed by atoms with Crippen LogP contribution in [0.5, 0.6) is 0 Å². The van der Waals surface area contributed by atoms with Crippen LogP contribution in [0.15, 0.2) is 30.3 Å². The number of amides is 2. The summed E-state index contributed by atoms with van der Waals surface area (Å²) in [7, 11) is 0. The lowest BCUT2D eigenvalue weighted by molar-refractivity contribution is -0.384. The van der Waals surface area contributed by atoms with Crippen LogP contribution in [0.3, 0.4) is 0 Å². The van der Waals surface area contributed by atoms with Gasteiger partial charge in [-0.15, -0.1) is 0 Å². The van der Waals surface area contributed by atoms with Gasteiger partial charge in [-0.2, -0.15) is 0 Å². The second kappa shape index (κ2) is 6.84. The molecule has 7 nitrogen and oxygen atoms in total. The molecule has 1 aromatic carbocycles. The summed E-state index contributed by atoms with van der Waals surface area (Å²) in [5.74, 6) is -0.370. The minimum absolute atomic E-state index is 0.00206. The maximum atomic E-state index is 12.2. The molecule has 0 bridgehead atoms.